The second-order valence-electron chi connectivity index (χ2n) is 6.01. The van der Waals surface area contributed by atoms with Crippen molar-refractivity contribution >= 4 is 17.6 Å². The number of hydrogen-bond acceptors (Lipinski definition) is 4. The van der Waals surface area contributed by atoms with Crippen LogP contribution in [0.3, 0.4) is 0 Å². The van der Waals surface area contributed by atoms with E-state index >= 15 is 0 Å². The predicted molar refractivity (Wildman–Crippen MR) is 90.7 cm³/mol. The van der Waals surface area contributed by atoms with Crippen LogP contribution in [0.4, 0.5) is 0 Å². The number of benzene rings is 1. The molecule has 9 nitrogen and oxygen atoms in total. The van der Waals surface area contributed by atoms with E-state index in [1.54, 1.807) is 19.1 Å². The third kappa shape index (κ3) is 2.29. The number of aliphatic carboxylic acids is 1. The minimum absolute atomic E-state index is 0. The first-order valence-corrected chi connectivity index (χ1v) is 7.61. The minimum atomic E-state index is -1.22. The molecule has 1 aliphatic rings. The molecule has 0 fully saturated rings. The van der Waals surface area contributed by atoms with Crippen molar-refractivity contribution in [3.63, 3.8) is 0 Å². The van der Waals surface area contributed by atoms with E-state index in [2.05, 4.69) is 9.97 Å². The summed E-state index contributed by atoms with van der Waals surface area (Å²) in [6.07, 6.45) is 1.71. The Bertz CT molecular complexity index is 1130. The molecule has 4 rings (SSSR count). The van der Waals surface area contributed by atoms with E-state index in [1.165, 1.54) is 10.6 Å². The van der Waals surface area contributed by atoms with Gasteiger partial charge in [-0.25, -0.2) is 9.78 Å². The molecule has 0 spiro atoms. The fourth-order valence-corrected chi connectivity index (χ4v) is 3.35. The molecule has 0 bridgehead atoms. The number of H-pyrrole nitrogens is 1. The van der Waals surface area contributed by atoms with Crippen molar-refractivity contribution in [1.82, 2.24) is 14.4 Å². The molecule has 9 heteroatoms. The fourth-order valence-electron chi connectivity index (χ4n) is 3.35. The molecule has 5 N–H and O–H groups in total. The SMILES string of the molecule is CC(C(=O)O)c1cccc2c1Cc1c-2[nH]c(=O)c2nc(C(=O)O)cn12.O. The van der Waals surface area contributed by atoms with E-state index in [1.807, 2.05) is 6.07 Å². The molecule has 3 aromatic rings. The van der Waals surface area contributed by atoms with Crippen molar-refractivity contribution in [1.29, 1.82) is 0 Å². The quantitative estimate of drug-likeness (QED) is 0.489. The van der Waals surface area contributed by atoms with E-state index < -0.39 is 23.4 Å². The molecule has 134 valence electrons. The molecule has 1 unspecified atom stereocenters. The van der Waals surface area contributed by atoms with Gasteiger partial charge in [0.25, 0.3) is 5.56 Å². The number of aromatic nitrogens is 3. The van der Waals surface area contributed by atoms with Gasteiger partial charge in [-0.1, -0.05) is 18.2 Å². The minimum Gasteiger partial charge on any atom is -0.481 e. The molecule has 1 atom stereocenters. The Hall–Kier alpha value is -3.46. The number of aromatic carboxylic acids is 1. The zero-order chi connectivity index (χ0) is 17.9. The summed E-state index contributed by atoms with van der Waals surface area (Å²) >= 11 is 0. The molecule has 0 saturated carbocycles. The summed E-state index contributed by atoms with van der Waals surface area (Å²) in [5.74, 6) is -2.84. The van der Waals surface area contributed by atoms with Gasteiger partial charge in [-0.2, -0.15) is 0 Å². The molecule has 2 heterocycles. The molecule has 1 aliphatic carbocycles. The van der Waals surface area contributed by atoms with Crippen LogP contribution in [0.1, 0.15) is 40.2 Å². The first-order chi connectivity index (χ1) is 11.9. The number of nitrogens with one attached hydrogen (secondary N) is 1. The lowest BCUT2D eigenvalue weighted by atomic mass is 9.93. The lowest BCUT2D eigenvalue weighted by molar-refractivity contribution is -0.138. The topological polar surface area (TPSA) is 156 Å². The highest BCUT2D eigenvalue weighted by Gasteiger charge is 2.29. The lowest BCUT2D eigenvalue weighted by Crippen LogP contribution is -2.13. The van der Waals surface area contributed by atoms with Crippen LogP contribution >= 0.6 is 0 Å². The number of fused-ring (bicyclic) bond motifs is 5. The molecule has 0 saturated heterocycles. The summed E-state index contributed by atoms with van der Waals surface area (Å²) in [4.78, 5) is 41.4. The lowest BCUT2D eigenvalue weighted by Gasteiger charge is -2.11. The van der Waals surface area contributed by atoms with Crippen LogP contribution in [0.5, 0.6) is 0 Å². The number of carboxylic acids is 2. The van der Waals surface area contributed by atoms with Crippen molar-refractivity contribution in [2.75, 3.05) is 0 Å². The maximum Gasteiger partial charge on any atom is 0.356 e. The van der Waals surface area contributed by atoms with Crippen LogP contribution in [-0.2, 0) is 11.2 Å². The maximum absolute atomic E-state index is 12.3. The van der Waals surface area contributed by atoms with Gasteiger partial charge in [0, 0.05) is 18.2 Å². The number of nitrogens with zero attached hydrogens (tertiary/aromatic N) is 2. The van der Waals surface area contributed by atoms with E-state index in [4.69, 9.17) is 5.11 Å². The molecule has 0 amide bonds. The summed E-state index contributed by atoms with van der Waals surface area (Å²) in [6, 6.07) is 5.33. The summed E-state index contributed by atoms with van der Waals surface area (Å²) in [7, 11) is 0. The smallest absolute Gasteiger partial charge is 0.356 e. The van der Waals surface area contributed by atoms with Crippen LogP contribution in [-0.4, -0.2) is 42.0 Å². The summed E-state index contributed by atoms with van der Waals surface area (Å²) in [6.45, 7) is 1.61. The van der Waals surface area contributed by atoms with Gasteiger partial charge in [0.05, 0.1) is 17.3 Å². The van der Waals surface area contributed by atoms with E-state index in [-0.39, 0.29) is 16.8 Å². The van der Waals surface area contributed by atoms with Crippen molar-refractivity contribution < 1.29 is 25.3 Å². The largest absolute Gasteiger partial charge is 0.481 e. The van der Waals surface area contributed by atoms with Crippen LogP contribution < -0.4 is 5.56 Å². The van der Waals surface area contributed by atoms with Gasteiger partial charge in [0.2, 0.25) is 5.65 Å². The molecular formula is C17H15N3O6. The number of hydrogen-bond donors (Lipinski definition) is 3. The van der Waals surface area contributed by atoms with E-state index in [9.17, 15) is 19.5 Å². The van der Waals surface area contributed by atoms with Gasteiger partial charge in [-0.05, 0) is 18.1 Å². The van der Waals surface area contributed by atoms with E-state index in [0.29, 0.717) is 23.4 Å². The zero-order valence-electron chi connectivity index (χ0n) is 13.6. The van der Waals surface area contributed by atoms with Crippen LogP contribution in [0.15, 0.2) is 29.2 Å². The zero-order valence-corrected chi connectivity index (χ0v) is 13.6. The Kier molecular flexibility index (Phi) is 3.88. The first kappa shape index (κ1) is 17.4. The number of carbonyl (C=O) groups is 2. The molecule has 2 aromatic heterocycles. The standard InChI is InChI=1S/C17H13N3O5.H2O/c1-7(16(22)23)8-3-2-4-9-10(8)5-12-13(9)19-15(21)14-18-11(17(24)25)6-20(12)14;/h2-4,6-7H,5H2,1H3,(H,19,21)(H,22,23)(H,24,25);1H2. The van der Waals surface area contributed by atoms with Crippen LogP contribution in [0.25, 0.3) is 16.9 Å². The molecular weight excluding hydrogens is 342 g/mol. The second kappa shape index (κ2) is 5.81. The third-order valence-electron chi connectivity index (χ3n) is 4.61. The maximum atomic E-state index is 12.3. The number of imidazole rings is 1. The summed E-state index contributed by atoms with van der Waals surface area (Å²) in [5, 5.41) is 18.4. The molecule has 0 radical (unpaired) electrons. The van der Waals surface area contributed by atoms with Gasteiger partial charge < -0.3 is 20.7 Å². The third-order valence-corrected chi connectivity index (χ3v) is 4.61. The fraction of sp³-hybridized carbons (Fsp3) is 0.176. The molecule has 1 aromatic carbocycles. The van der Waals surface area contributed by atoms with Crippen LogP contribution in [0.2, 0.25) is 0 Å². The first-order valence-electron chi connectivity index (χ1n) is 7.61. The predicted octanol–water partition coefficient (Wildman–Crippen LogP) is 0.655. The summed E-state index contributed by atoms with van der Waals surface area (Å²) < 4.78 is 1.48. The number of rotatable bonds is 3. The summed E-state index contributed by atoms with van der Waals surface area (Å²) in [5.41, 5.74) is 2.82. The normalized spacial score (nSPS) is 13.0. The highest BCUT2D eigenvalue weighted by atomic mass is 16.4. The average Bonchev–Trinajstić information content (AvgIpc) is 3.16. The average molecular weight is 357 g/mol. The Morgan fingerprint density at radius 2 is 2.04 bits per heavy atom. The second-order valence-corrected chi connectivity index (χ2v) is 6.01. The van der Waals surface area contributed by atoms with Crippen molar-refractivity contribution in [3.05, 3.63) is 57.3 Å². The molecule has 26 heavy (non-hydrogen) atoms. The molecule has 0 aliphatic heterocycles. The van der Waals surface area contributed by atoms with Gasteiger partial charge in [-0.15, -0.1) is 0 Å². The Morgan fingerprint density at radius 1 is 1.31 bits per heavy atom. The van der Waals surface area contributed by atoms with Gasteiger partial charge in [0.1, 0.15) is 0 Å². The monoisotopic (exact) mass is 357 g/mol. The van der Waals surface area contributed by atoms with Crippen LogP contribution in [0, 0.1) is 0 Å². The highest BCUT2D eigenvalue weighted by molar-refractivity contribution is 5.86. The van der Waals surface area contributed by atoms with Crippen molar-refractivity contribution in [2.45, 2.75) is 19.3 Å². The Labute approximate surface area is 145 Å². The van der Waals surface area contributed by atoms with Gasteiger partial charge in [-0.3, -0.25) is 14.0 Å². The van der Waals surface area contributed by atoms with E-state index in [0.717, 1.165) is 11.1 Å². The van der Waals surface area contributed by atoms with Gasteiger partial charge in [0.15, 0.2) is 5.69 Å². The van der Waals surface area contributed by atoms with Crippen molar-refractivity contribution in [2.24, 2.45) is 0 Å². The van der Waals surface area contributed by atoms with Crippen molar-refractivity contribution in [3.8, 4) is 11.3 Å². The number of carboxylic acid groups (broad SMARTS) is 2. The Morgan fingerprint density at radius 3 is 2.69 bits per heavy atom. The highest BCUT2D eigenvalue weighted by Crippen LogP contribution is 2.38. The van der Waals surface area contributed by atoms with Gasteiger partial charge >= 0.3 is 11.9 Å². The Balaban J connectivity index is 0.00000196. The number of aromatic amines is 1.